The van der Waals surface area contributed by atoms with Crippen molar-refractivity contribution in [3.8, 4) is 22.5 Å². The van der Waals surface area contributed by atoms with E-state index in [1.165, 1.54) is 30.5 Å². The zero-order valence-electron chi connectivity index (χ0n) is 19.7. The number of nitrogens with one attached hydrogen (secondary N) is 3. The van der Waals surface area contributed by atoms with Crippen molar-refractivity contribution in [3.05, 3.63) is 60.6 Å². The normalized spacial score (nSPS) is 14.9. The minimum Gasteiger partial charge on any atom is -0.382 e. The Bertz CT molecular complexity index is 1270. The van der Waals surface area contributed by atoms with Crippen molar-refractivity contribution in [1.29, 1.82) is 0 Å². The third kappa shape index (κ3) is 4.38. The smallest absolute Gasteiger partial charge is 0.116 e. The lowest BCUT2D eigenvalue weighted by atomic mass is 10.0. The fourth-order valence-corrected chi connectivity index (χ4v) is 4.75. The molecule has 1 saturated heterocycles. The molecule has 5 rings (SSSR count). The van der Waals surface area contributed by atoms with Gasteiger partial charge in [-0.05, 0) is 69.9 Å². The molecule has 0 spiro atoms. The van der Waals surface area contributed by atoms with Crippen molar-refractivity contribution >= 4 is 22.3 Å². The van der Waals surface area contributed by atoms with E-state index in [1.807, 2.05) is 12.4 Å². The summed E-state index contributed by atoms with van der Waals surface area (Å²) in [6, 6.07) is 11.2. The van der Waals surface area contributed by atoms with E-state index in [0.29, 0.717) is 6.04 Å². The van der Waals surface area contributed by atoms with Gasteiger partial charge < -0.3 is 15.2 Å². The van der Waals surface area contributed by atoms with Gasteiger partial charge in [-0.3, -0.25) is 10.1 Å². The van der Waals surface area contributed by atoms with Crippen LogP contribution < -0.4 is 5.32 Å². The van der Waals surface area contributed by atoms with Crippen molar-refractivity contribution in [2.45, 2.75) is 46.1 Å². The van der Waals surface area contributed by atoms with Crippen LogP contribution in [0.5, 0.6) is 0 Å². The fourth-order valence-electron chi connectivity index (χ4n) is 4.75. The Balaban J connectivity index is 1.48. The zero-order chi connectivity index (χ0) is 22.8. The number of fused-ring (bicyclic) bond motifs is 1. The molecule has 0 amide bonds. The largest absolute Gasteiger partial charge is 0.382 e. The molecule has 4 aromatic rings. The SMILES string of the molecule is C/C=C(\c1c[nH]c(-c2n[nH]c3ccc(-c4cncc(NC(C)C)c4)cc23)c1)N1CCCCC1. The first-order valence-electron chi connectivity index (χ1n) is 11.9. The van der Waals surface area contributed by atoms with Crippen LogP contribution in [0.2, 0.25) is 0 Å². The van der Waals surface area contributed by atoms with Crippen molar-refractivity contribution in [2.75, 3.05) is 18.4 Å². The van der Waals surface area contributed by atoms with E-state index in [0.717, 1.165) is 52.2 Å². The van der Waals surface area contributed by atoms with Crippen LogP contribution in [0.3, 0.4) is 0 Å². The predicted molar refractivity (Wildman–Crippen MR) is 137 cm³/mol. The van der Waals surface area contributed by atoms with E-state index in [2.05, 4.69) is 93.8 Å². The molecular formula is C27H32N6. The predicted octanol–water partition coefficient (Wildman–Crippen LogP) is 6.29. The third-order valence-electron chi connectivity index (χ3n) is 6.29. The van der Waals surface area contributed by atoms with E-state index in [-0.39, 0.29) is 0 Å². The molecule has 0 unspecified atom stereocenters. The summed E-state index contributed by atoms with van der Waals surface area (Å²) in [5.41, 5.74) is 8.76. The zero-order valence-corrected chi connectivity index (χ0v) is 19.7. The monoisotopic (exact) mass is 440 g/mol. The number of benzene rings is 1. The average Bonchev–Trinajstić information content (AvgIpc) is 3.47. The maximum atomic E-state index is 4.65. The number of hydrogen-bond acceptors (Lipinski definition) is 4. The molecular weight excluding hydrogens is 408 g/mol. The number of allylic oxidation sites excluding steroid dienone is 1. The molecule has 6 heteroatoms. The van der Waals surface area contributed by atoms with Gasteiger partial charge >= 0.3 is 0 Å². The van der Waals surface area contributed by atoms with E-state index >= 15 is 0 Å². The lowest BCUT2D eigenvalue weighted by molar-refractivity contribution is 0.325. The van der Waals surface area contributed by atoms with Gasteiger partial charge in [0.15, 0.2) is 0 Å². The topological polar surface area (TPSA) is 72.6 Å². The van der Waals surface area contributed by atoms with E-state index < -0.39 is 0 Å². The number of likely N-dealkylation sites (tertiary alicyclic amines) is 1. The first-order valence-corrected chi connectivity index (χ1v) is 11.9. The number of aromatic amines is 2. The second-order valence-corrected chi connectivity index (χ2v) is 9.12. The first-order chi connectivity index (χ1) is 16.1. The Kier molecular flexibility index (Phi) is 5.90. The molecule has 1 aliphatic rings. The van der Waals surface area contributed by atoms with Gasteiger partial charge in [0.2, 0.25) is 0 Å². The minimum absolute atomic E-state index is 0.360. The Morgan fingerprint density at radius 3 is 2.70 bits per heavy atom. The lowest BCUT2D eigenvalue weighted by Gasteiger charge is -2.30. The number of anilines is 1. The van der Waals surface area contributed by atoms with Gasteiger partial charge in [-0.2, -0.15) is 5.10 Å². The van der Waals surface area contributed by atoms with Gasteiger partial charge in [0.05, 0.1) is 16.9 Å². The van der Waals surface area contributed by atoms with Crippen LogP contribution in [0.15, 0.2) is 55.0 Å². The second-order valence-electron chi connectivity index (χ2n) is 9.12. The van der Waals surface area contributed by atoms with Crippen molar-refractivity contribution < 1.29 is 0 Å². The summed E-state index contributed by atoms with van der Waals surface area (Å²) in [5, 5.41) is 12.4. The number of nitrogens with zero attached hydrogens (tertiary/aromatic N) is 3. The number of H-pyrrole nitrogens is 2. The van der Waals surface area contributed by atoms with Gasteiger partial charge in [0.25, 0.3) is 0 Å². The Morgan fingerprint density at radius 2 is 1.91 bits per heavy atom. The summed E-state index contributed by atoms with van der Waals surface area (Å²) >= 11 is 0. The highest BCUT2D eigenvalue weighted by Gasteiger charge is 2.17. The number of aromatic nitrogens is 4. The van der Waals surface area contributed by atoms with Crippen LogP contribution in [0.1, 0.15) is 45.6 Å². The molecule has 0 atom stereocenters. The summed E-state index contributed by atoms with van der Waals surface area (Å²) in [6.07, 6.45) is 12.0. The molecule has 1 fully saturated rings. The van der Waals surface area contributed by atoms with Gasteiger partial charge in [-0.15, -0.1) is 0 Å². The van der Waals surface area contributed by atoms with Crippen LogP contribution in [0, 0.1) is 0 Å². The molecule has 1 aliphatic heterocycles. The van der Waals surface area contributed by atoms with Crippen LogP contribution in [-0.4, -0.2) is 44.2 Å². The molecule has 1 aromatic carbocycles. The standard InChI is InChI=1S/C27H32N6/c1-4-26(33-10-6-5-7-11-33)21-14-25(29-16-21)27-23-13-19(8-9-24(23)31-32-27)20-12-22(17-28-15-20)30-18(2)3/h4,8-9,12-18,29-30H,5-7,10-11H2,1-3H3,(H,31,32)/b26-4+. The number of rotatable bonds is 6. The number of pyridine rings is 1. The number of piperidine rings is 1. The fraction of sp³-hybridized carbons (Fsp3) is 0.333. The highest BCUT2D eigenvalue weighted by atomic mass is 15.1. The van der Waals surface area contributed by atoms with Gasteiger partial charge in [-0.1, -0.05) is 12.1 Å². The maximum absolute atomic E-state index is 4.65. The molecule has 3 aromatic heterocycles. The summed E-state index contributed by atoms with van der Waals surface area (Å²) in [6.45, 7) is 8.65. The van der Waals surface area contributed by atoms with E-state index in [4.69, 9.17) is 0 Å². The summed E-state index contributed by atoms with van der Waals surface area (Å²) in [4.78, 5) is 10.4. The quantitative estimate of drug-likeness (QED) is 0.330. The summed E-state index contributed by atoms with van der Waals surface area (Å²) in [5.74, 6) is 0. The maximum Gasteiger partial charge on any atom is 0.116 e. The summed E-state index contributed by atoms with van der Waals surface area (Å²) < 4.78 is 0. The average molecular weight is 441 g/mol. The van der Waals surface area contributed by atoms with Crippen LogP contribution in [0.4, 0.5) is 5.69 Å². The van der Waals surface area contributed by atoms with Gasteiger partial charge in [0, 0.05) is 59.9 Å². The highest BCUT2D eigenvalue weighted by molar-refractivity contribution is 5.95. The van der Waals surface area contributed by atoms with Crippen molar-refractivity contribution in [2.24, 2.45) is 0 Å². The highest BCUT2D eigenvalue weighted by Crippen LogP contribution is 2.33. The van der Waals surface area contributed by atoms with E-state index in [1.54, 1.807) is 0 Å². The van der Waals surface area contributed by atoms with E-state index in [9.17, 15) is 0 Å². The second kappa shape index (κ2) is 9.14. The molecule has 0 radical (unpaired) electrons. The molecule has 3 N–H and O–H groups in total. The summed E-state index contributed by atoms with van der Waals surface area (Å²) in [7, 11) is 0. The van der Waals surface area contributed by atoms with Crippen LogP contribution in [0.25, 0.3) is 39.1 Å². The molecule has 0 saturated carbocycles. The third-order valence-corrected chi connectivity index (χ3v) is 6.29. The molecule has 6 nitrogen and oxygen atoms in total. The minimum atomic E-state index is 0.360. The Labute approximate surface area is 195 Å². The number of hydrogen-bond donors (Lipinski definition) is 3. The first kappa shape index (κ1) is 21.3. The molecule has 0 aliphatic carbocycles. The molecule has 0 bridgehead atoms. The van der Waals surface area contributed by atoms with Crippen molar-refractivity contribution in [3.63, 3.8) is 0 Å². The van der Waals surface area contributed by atoms with Crippen LogP contribution in [-0.2, 0) is 0 Å². The molecule has 170 valence electrons. The molecule has 33 heavy (non-hydrogen) atoms. The Morgan fingerprint density at radius 1 is 1.06 bits per heavy atom. The van der Waals surface area contributed by atoms with Gasteiger partial charge in [0.1, 0.15) is 5.69 Å². The Hall–Kier alpha value is -3.54. The van der Waals surface area contributed by atoms with Crippen LogP contribution >= 0.6 is 0 Å². The van der Waals surface area contributed by atoms with Crippen molar-refractivity contribution in [1.82, 2.24) is 25.1 Å². The molecule has 4 heterocycles. The lowest BCUT2D eigenvalue weighted by Crippen LogP contribution is -2.28. The van der Waals surface area contributed by atoms with Gasteiger partial charge in [-0.25, -0.2) is 0 Å².